The van der Waals surface area contributed by atoms with Gasteiger partial charge in [0.05, 0.1) is 11.7 Å². The van der Waals surface area contributed by atoms with Crippen LogP contribution in [0.4, 0.5) is 5.69 Å². The Kier molecular flexibility index (Phi) is 5.29. The van der Waals surface area contributed by atoms with Gasteiger partial charge in [-0.1, -0.05) is 23.7 Å². The van der Waals surface area contributed by atoms with Gasteiger partial charge in [-0.2, -0.15) is 0 Å². The zero-order valence-corrected chi connectivity index (χ0v) is 16.1. The number of hydrogen-bond acceptors (Lipinski definition) is 5. The number of halogens is 1. The third-order valence-corrected chi connectivity index (χ3v) is 5.58. The molecular weight excluding hydrogens is 362 g/mol. The van der Waals surface area contributed by atoms with E-state index in [4.69, 9.17) is 11.6 Å². The Labute approximate surface area is 164 Å². The summed E-state index contributed by atoms with van der Waals surface area (Å²) in [5.41, 5.74) is 9.68. The van der Waals surface area contributed by atoms with E-state index in [1.165, 1.54) is 5.56 Å². The molecule has 4 rings (SSSR count). The number of nitrogens with zero attached hydrogens (tertiary/aromatic N) is 3. The first-order valence-corrected chi connectivity index (χ1v) is 9.71. The maximum Gasteiger partial charge on any atom is 0.241 e. The molecule has 6 nitrogen and oxygen atoms in total. The number of carbonyl (C=O) groups is 1. The molecule has 0 aliphatic carbocycles. The highest BCUT2D eigenvalue weighted by Gasteiger charge is 2.34. The van der Waals surface area contributed by atoms with Crippen LogP contribution < -0.4 is 15.8 Å². The third kappa shape index (κ3) is 3.93. The third-order valence-electron chi connectivity index (χ3n) is 5.35. The fourth-order valence-electron chi connectivity index (χ4n) is 3.81. The molecule has 2 aliphatic heterocycles. The highest BCUT2D eigenvalue weighted by molar-refractivity contribution is 6.30. The van der Waals surface area contributed by atoms with Gasteiger partial charge < -0.3 is 9.80 Å². The first-order chi connectivity index (χ1) is 13.1. The summed E-state index contributed by atoms with van der Waals surface area (Å²) >= 11 is 6.15. The summed E-state index contributed by atoms with van der Waals surface area (Å²) in [6.07, 6.45) is 2.49. The lowest BCUT2D eigenvalue weighted by molar-refractivity contribution is -0.133. The molecule has 0 saturated carbocycles. The van der Waals surface area contributed by atoms with Crippen LogP contribution in [0.1, 0.15) is 23.7 Å². The number of nitrogens with one attached hydrogen (secondary N) is 2. The number of rotatable bonds is 3. The number of benzene rings is 1. The molecule has 2 atom stereocenters. The van der Waals surface area contributed by atoms with E-state index in [-0.39, 0.29) is 18.0 Å². The van der Waals surface area contributed by atoms with Crippen LogP contribution in [0.25, 0.3) is 0 Å². The first-order valence-electron chi connectivity index (χ1n) is 9.33. The SMILES string of the molecule is Cc1ccc(Cl)cc1N1CCN(C(=O)C2CC(c3ccccn3)NN2)CC1. The van der Waals surface area contributed by atoms with Crippen LogP contribution in [0, 0.1) is 6.92 Å². The molecular formula is C20H24ClN5O. The zero-order valence-electron chi connectivity index (χ0n) is 15.4. The number of aryl methyl sites for hydroxylation is 1. The lowest BCUT2D eigenvalue weighted by Gasteiger charge is -2.37. The maximum atomic E-state index is 12.9. The molecule has 0 spiro atoms. The van der Waals surface area contributed by atoms with Gasteiger partial charge in [0.25, 0.3) is 0 Å². The molecule has 1 aromatic heterocycles. The van der Waals surface area contributed by atoms with Gasteiger partial charge in [-0.05, 0) is 43.2 Å². The Bertz CT molecular complexity index is 807. The summed E-state index contributed by atoms with van der Waals surface area (Å²) in [6, 6.07) is 11.7. The van der Waals surface area contributed by atoms with Crippen LogP contribution in [0.3, 0.4) is 0 Å². The van der Waals surface area contributed by atoms with Gasteiger partial charge in [0.2, 0.25) is 5.91 Å². The summed E-state index contributed by atoms with van der Waals surface area (Å²) in [5.74, 6) is 0.156. The van der Waals surface area contributed by atoms with Gasteiger partial charge in [-0.25, -0.2) is 10.9 Å². The predicted molar refractivity (Wildman–Crippen MR) is 107 cm³/mol. The van der Waals surface area contributed by atoms with Crippen molar-refractivity contribution in [3.63, 3.8) is 0 Å². The van der Waals surface area contributed by atoms with Crippen molar-refractivity contribution < 1.29 is 4.79 Å². The van der Waals surface area contributed by atoms with E-state index in [0.29, 0.717) is 6.42 Å². The highest BCUT2D eigenvalue weighted by Crippen LogP contribution is 2.26. The van der Waals surface area contributed by atoms with Crippen molar-refractivity contribution in [3.05, 3.63) is 58.9 Å². The van der Waals surface area contributed by atoms with Crippen molar-refractivity contribution in [2.24, 2.45) is 0 Å². The van der Waals surface area contributed by atoms with Gasteiger partial charge >= 0.3 is 0 Å². The Morgan fingerprint density at radius 2 is 1.96 bits per heavy atom. The van der Waals surface area contributed by atoms with Gasteiger partial charge in [0.1, 0.15) is 6.04 Å². The average Bonchev–Trinajstić information content (AvgIpc) is 3.20. The molecule has 7 heteroatoms. The van der Waals surface area contributed by atoms with Gasteiger partial charge in [-0.3, -0.25) is 9.78 Å². The normalized spacial score (nSPS) is 22.9. The van der Waals surface area contributed by atoms with Crippen LogP contribution >= 0.6 is 11.6 Å². The number of pyridine rings is 1. The quantitative estimate of drug-likeness (QED) is 0.849. The maximum absolute atomic E-state index is 12.9. The molecule has 0 bridgehead atoms. The average molecular weight is 386 g/mol. The first kappa shape index (κ1) is 18.2. The second-order valence-electron chi connectivity index (χ2n) is 7.13. The lowest BCUT2D eigenvalue weighted by Crippen LogP contribution is -2.53. The lowest BCUT2D eigenvalue weighted by atomic mass is 10.1. The zero-order chi connectivity index (χ0) is 18.8. The summed E-state index contributed by atoms with van der Waals surface area (Å²) in [7, 11) is 0. The summed E-state index contributed by atoms with van der Waals surface area (Å²) in [6.45, 7) is 5.16. The Morgan fingerprint density at radius 1 is 1.15 bits per heavy atom. The number of carbonyl (C=O) groups excluding carboxylic acids is 1. The fourth-order valence-corrected chi connectivity index (χ4v) is 3.97. The topological polar surface area (TPSA) is 60.5 Å². The Morgan fingerprint density at radius 3 is 2.70 bits per heavy atom. The minimum atomic E-state index is -0.212. The van der Waals surface area contributed by atoms with E-state index in [2.05, 4.69) is 27.7 Å². The standard InChI is InChI=1S/C20H24ClN5O/c1-14-5-6-15(21)12-19(14)25-8-10-26(11-9-25)20(27)18-13-17(23-24-18)16-4-2-3-7-22-16/h2-7,12,17-18,23-24H,8-11,13H2,1H3. The molecule has 2 N–H and O–H groups in total. The van der Waals surface area contributed by atoms with E-state index in [1.807, 2.05) is 41.3 Å². The van der Waals surface area contributed by atoms with Crippen molar-refractivity contribution in [1.82, 2.24) is 20.7 Å². The van der Waals surface area contributed by atoms with Crippen LogP contribution in [0.5, 0.6) is 0 Å². The van der Waals surface area contributed by atoms with Crippen molar-refractivity contribution in [3.8, 4) is 0 Å². The molecule has 3 heterocycles. The molecule has 2 aromatic rings. The van der Waals surface area contributed by atoms with Crippen molar-refractivity contribution in [1.29, 1.82) is 0 Å². The molecule has 27 heavy (non-hydrogen) atoms. The summed E-state index contributed by atoms with van der Waals surface area (Å²) < 4.78 is 0. The smallest absolute Gasteiger partial charge is 0.241 e. The van der Waals surface area contributed by atoms with Gasteiger partial charge in [-0.15, -0.1) is 0 Å². The number of aromatic nitrogens is 1. The van der Waals surface area contributed by atoms with E-state index in [0.717, 1.165) is 42.6 Å². The minimum Gasteiger partial charge on any atom is -0.368 e. The molecule has 2 unspecified atom stereocenters. The molecule has 142 valence electrons. The van der Waals surface area contributed by atoms with Gasteiger partial charge in [0, 0.05) is 43.1 Å². The number of hydrogen-bond donors (Lipinski definition) is 2. The molecule has 1 aromatic carbocycles. The number of amides is 1. The number of anilines is 1. The fraction of sp³-hybridized carbons (Fsp3) is 0.400. The van der Waals surface area contributed by atoms with Crippen LogP contribution in [-0.2, 0) is 4.79 Å². The van der Waals surface area contributed by atoms with E-state index in [1.54, 1.807) is 6.20 Å². The number of hydrazine groups is 1. The summed E-state index contributed by atoms with van der Waals surface area (Å²) in [5, 5.41) is 0.746. The number of piperazine rings is 1. The van der Waals surface area contributed by atoms with E-state index in [9.17, 15) is 4.79 Å². The molecule has 2 fully saturated rings. The van der Waals surface area contributed by atoms with Crippen LogP contribution in [0.2, 0.25) is 5.02 Å². The second-order valence-corrected chi connectivity index (χ2v) is 7.56. The van der Waals surface area contributed by atoms with Gasteiger partial charge in [0.15, 0.2) is 0 Å². The van der Waals surface area contributed by atoms with Crippen molar-refractivity contribution in [2.75, 3.05) is 31.1 Å². The highest BCUT2D eigenvalue weighted by atomic mass is 35.5. The molecule has 2 saturated heterocycles. The van der Waals surface area contributed by atoms with Crippen LogP contribution in [-0.4, -0.2) is 48.0 Å². The monoisotopic (exact) mass is 385 g/mol. The molecule has 1 amide bonds. The Balaban J connectivity index is 1.34. The predicted octanol–water partition coefficient (Wildman–Crippen LogP) is 2.30. The van der Waals surface area contributed by atoms with Crippen molar-refractivity contribution in [2.45, 2.75) is 25.4 Å². The minimum absolute atomic E-state index is 0.0653. The van der Waals surface area contributed by atoms with Crippen molar-refractivity contribution >= 4 is 23.2 Å². The van der Waals surface area contributed by atoms with E-state index < -0.39 is 0 Å². The largest absolute Gasteiger partial charge is 0.368 e. The van der Waals surface area contributed by atoms with E-state index >= 15 is 0 Å². The second kappa shape index (κ2) is 7.84. The van der Waals surface area contributed by atoms with Crippen LogP contribution in [0.15, 0.2) is 42.6 Å². The summed E-state index contributed by atoms with van der Waals surface area (Å²) in [4.78, 5) is 21.5. The molecule has 2 aliphatic rings. The molecule has 0 radical (unpaired) electrons. The Hall–Kier alpha value is -2.15.